The van der Waals surface area contributed by atoms with Crippen LogP contribution in [0.4, 0.5) is 5.88 Å². The molecule has 2 heterocycles. The zero-order valence-corrected chi connectivity index (χ0v) is 16.0. The molecule has 0 unspecified atom stereocenters. The number of primary amides is 1. The molecule has 3 rings (SSSR count). The third-order valence-corrected chi connectivity index (χ3v) is 5.22. The minimum Gasteiger partial charge on any atom is -0.366 e. The molecule has 0 atom stereocenters. The Kier molecular flexibility index (Phi) is 5.71. The fraction of sp³-hybridized carbons (Fsp3) is 0.250. The highest BCUT2D eigenvalue weighted by atomic mass is 32.1. The fourth-order valence-electron chi connectivity index (χ4n) is 3.01. The van der Waals surface area contributed by atoms with Crippen molar-refractivity contribution in [3.63, 3.8) is 0 Å². The molecule has 0 aliphatic heterocycles. The van der Waals surface area contributed by atoms with Crippen LogP contribution in [0.25, 0.3) is 22.4 Å². The predicted octanol–water partition coefficient (Wildman–Crippen LogP) is 4.54. The number of thiophene rings is 1. The molecule has 0 saturated heterocycles. The molecule has 0 aliphatic carbocycles. The average molecular weight is 383 g/mol. The highest BCUT2D eigenvalue weighted by Gasteiger charge is 2.26. The van der Waals surface area contributed by atoms with Crippen molar-refractivity contribution in [3.05, 3.63) is 46.7 Å². The first kappa shape index (κ1) is 18.8. The second-order valence-corrected chi connectivity index (χ2v) is 6.94. The SMILES string of the molecule is CCC(CC)C(=O)Nc1onc(-c2ccsc2)c1-c1ccccc1C(N)=O. The summed E-state index contributed by atoms with van der Waals surface area (Å²) in [4.78, 5) is 24.5. The van der Waals surface area contributed by atoms with Gasteiger partial charge in [-0.1, -0.05) is 37.2 Å². The van der Waals surface area contributed by atoms with E-state index in [-0.39, 0.29) is 17.7 Å². The Bertz CT molecular complexity index is 943. The summed E-state index contributed by atoms with van der Waals surface area (Å²) in [7, 11) is 0. The van der Waals surface area contributed by atoms with Crippen LogP contribution in [0.5, 0.6) is 0 Å². The summed E-state index contributed by atoms with van der Waals surface area (Å²) in [5, 5.41) is 10.9. The maximum atomic E-state index is 12.6. The van der Waals surface area contributed by atoms with E-state index in [4.69, 9.17) is 10.3 Å². The number of carbonyl (C=O) groups is 2. The molecule has 0 bridgehead atoms. The van der Waals surface area contributed by atoms with Gasteiger partial charge in [-0.05, 0) is 30.4 Å². The number of nitrogens with one attached hydrogen (secondary N) is 1. The summed E-state index contributed by atoms with van der Waals surface area (Å²) in [5.41, 5.74) is 8.44. The van der Waals surface area contributed by atoms with Crippen LogP contribution in [-0.2, 0) is 4.79 Å². The van der Waals surface area contributed by atoms with Crippen molar-refractivity contribution >= 4 is 29.0 Å². The van der Waals surface area contributed by atoms with Gasteiger partial charge in [-0.15, -0.1) is 0 Å². The van der Waals surface area contributed by atoms with Gasteiger partial charge in [0.1, 0.15) is 5.69 Å². The minimum absolute atomic E-state index is 0.126. The Labute approximate surface area is 161 Å². The molecule has 3 aromatic rings. The standard InChI is InChI=1S/C20H21N3O3S/c1-3-12(4-2)19(25)22-20-16(14-7-5-6-8-15(14)18(21)24)17(23-26-20)13-9-10-27-11-13/h5-12H,3-4H2,1-2H3,(H2,21,24)(H,22,25). The molecule has 0 spiro atoms. The Hall–Kier alpha value is -2.93. The summed E-state index contributed by atoms with van der Waals surface area (Å²) in [6.45, 7) is 3.93. The van der Waals surface area contributed by atoms with Gasteiger partial charge in [0.25, 0.3) is 0 Å². The molecule has 27 heavy (non-hydrogen) atoms. The zero-order valence-electron chi connectivity index (χ0n) is 15.2. The lowest BCUT2D eigenvalue weighted by molar-refractivity contribution is -0.120. The van der Waals surface area contributed by atoms with Gasteiger partial charge in [0.15, 0.2) is 0 Å². The van der Waals surface area contributed by atoms with Gasteiger partial charge >= 0.3 is 0 Å². The smallest absolute Gasteiger partial charge is 0.249 e. The van der Waals surface area contributed by atoms with Gasteiger partial charge in [-0.3, -0.25) is 14.9 Å². The zero-order chi connectivity index (χ0) is 19.4. The summed E-state index contributed by atoms with van der Waals surface area (Å²) in [6.07, 6.45) is 1.45. The lowest BCUT2D eigenvalue weighted by atomic mass is 9.96. The first-order valence-corrected chi connectivity index (χ1v) is 9.73. The Balaban J connectivity index is 2.14. The van der Waals surface area contributed by atoms with E-state index in [1.807, 2.05) is 30.7 Å². The van der Waals surface area contributed by atoms with E-state index in [0.29, 0.717) is 22.4 Å². The van der Waals surface area contributed by atoms with Crippen molar-refractivity contribution in [3.8, 4) is 22.4 Å². The van der Waals surface area contributed by atoms with Crippen LogP contribution in [0, 0.1) is 5.92 Å². The second-order valence-electron chi connectivity index (χ2n) is 6.16. The molecule has 7 heteroatoms. The highest BCUT2D eigenvalue weighted by Crippen LogP contribution is 2.40. The van der Waals surface area contributed by atoms with Gasteiger partial charge in [-0.2, -0.15) is 11.3 Å². The third-order valence-electron chi connectivity index (χ3n) is 4.54. The molecule has 0 saturated carbocycles. The lowest BCUT2D eigenvalue weighted by Gasteiger charge is -2.13. The number of nitrogens with two attached hydrogens (primary N) is 1. The number of aromatic nitrogens is 1. The van der Waals surface area contributed by atoms with Crippen molar-refractivity contribution in [1.29, 1.82) is 0 Å². The van der Waals surface area contributed by atoms with Crippen LogP contribution in [-0.4, -0.2) is 17.0 Å². The van der Waals surface area contributed by atoms with E-state index < -0.39 is 5.91 Å². The highest BCUT2D eigenvalue weighted by molar-refractivity contribution is 7.08. The van der Waals surface area contributed by atoms with Crippen molar-refractivity contribution < 1.29 is 14.1 Å². The monoisotopic (exact) mass is 383 g/mol. The quantitative estimate of drug-likeness (QED) is 0.625. The van der Waals surface area contributed by atoms with Crippen LogP contribution < -0.4 is 11.1 Å². The number of anilines is 1. The summed E-state index contributed by atoms with van der Waals surface area (Å²) >= 11 is 1.52. The van der Waals surface area contributed by atoms with E-state index in [2.05, 4.69) is 10.5 Å². The molecule has 2 aromatic heterocycles. The van der Waals surface area contributed by atoms with Gasteiger partial charge in [0.05, 0.1) is 5.56 Å². The summed E-state index contributed by atoms with van der Waals surface area (Å²) in [6, 6.07) is 8.87. The number of rotatable bonds is 7. The summed E-state index contributed by atoms with van der Waals surface area (Å²) < 4.78 is 5.49. The molecular weight excluding hydrogens is 362 g/mol. The fourth-order valence-corrected chi connectivity index (χ4v) is 3.65. The maximum Gasteiger partial charge on any atom is 0.249 e. The number of amides is 2. The largest absolute Gasteiger partial charge is 0.366 e. The van der Waals surface area contributed by atoms with E-state index in [1.165, 1.54) is 11.3 Å². The molecule has 0 aliphatic rings. The number of hydrogen-bond acceptors (Lipinski definition) is 5. The van der Waals surface area contributed by atoms with E-state index >= 15 is 0 Å². The predicted molar refractivity (Wildman–Crippen MR) is 106 cm³/mol. The number of nitrogens with zero attached hydrogens (tertiary/aromatic N) is 1. The lowest BCUT2D eigenvalue weighted by Crippen LogP contribution is -2.21. The topological polar surface area (TPSA) is 98.2 Å². The number of carbonyl (C=O) groups excluding carboxylic acids is 2. The molecular formula is C20H21N3O3S. The van der Waals surface area contributed by atoms with Crippen LogP contribution in [0.2, 0.25) is 0 Å². The van der Waals surface area contributed by atoms with Crippen LogP contribution >= 0.6 is 11.3 Å². The van der Waals surface area contributed by atoms with Gasteiger partial charge < -0.3 is 10.3 Å². The number of hydrogen-bond donors (Lipinski definition) is 2. The van der Waals surface area contributed by atoms with Crippen LogP contribution in [0.3, 0.4) is 0 Å². The van der Waals surface area contributed by atoms with E-state index in [0.717, 1.165) is 18.4 Å². The third kappa shape index (κ3) is 3.78. The normalized spacial score (nSPS) is 10.9. The van der Waals surface area contributed by atoms with Gasteiger partial charge in [-0.25, -0.2) is 0 Å². The second kappa shape index (κ2) is 8.18. The Morgan fingerprint density at radius 1 is 1.22 bits per heavy atom. The van der Waals surface area contributed by atoms with Crippen molar-refractivity contribution in [1.82, 2.24) is 5.16 Å². The van der Waals surface area contributed by atoms with Crippen LogP contribution in [0.1, 0.15) is 37.0 Å². The maximum absolute atomic E-state index is 12.6. The van der Waals surface area contributed by atoms with Gasteiger partial charge in [0.2, 0.25) is 17.7 Å². The minimum atomic E-state index is -0.555. The molecule has 140 valence electrons. The number of benzene rings is 1. The Morgan fingerprint density at radius 2 is 1.96 bits per heavy atom. The van der Waals surface area contributed by atoms with Crippen molar-refractivity contribution in [2.75, 3.05) is 5.32 Å². The molecule has 0 radical (unpaired) electrons. The first-order chi connectivity index (χ1) is 13.1. The average Bonchev–Trinajstić information content (AvgIpc) is 3.32. The first-order valence-electron chi connectivity index (χ1n) is 8.79. The van der Waals surface area contributed by atoms with E-state index in [9.17, 15) is 9.59 Å². The molecule has 1 aromatic carbocycles. The van der Waals surface area contributed by atoms with Crippen LogP contribution in [0.15, 0.2) is 45.6 Å². The Morgan fingerprint density at radius 3 is 2.59 bits per heavy atom. The molecule has 0 fully saturated rings. The van der Waals surface area contributed by atoms with E-state index in [1.54, 1.807) is 24.3 Å². The molecule has 6 nitrogen and oxygen atoms in total. The molecule has 3 N–H and O–H groups in total. The summed E-state index contributed by atoms with van der Waals surface area (Å²) in [5.74, 6) is -0.591. The molecule has 2 amide bonds. The van der Waals surface area contributed by atoms with Crippen molar-refractivity contribution in [2.24, 2.45) is 11.7 Å². The van der Waals surface area contributed by atoms with Gasteiger partial charge in [0, 0.05) is 28.0 Å². The van der Waals surface area contributed by atoms with Crippen molar-refractivity contribution in [2.45, 2.75) is 26.7 Å².